The predicted octanol–water partition coefficient (Wildman–Crippen LogP) is 1.43. The molecule has 2 rings (SSSR count). The molecule has 0 aliphatic carbocycles. The number of hydrogen-bond donors (Lipinski definition) is 2. The van der Waals surface area contributed by atoms with Gasteiger partial charge in [-0.15, -0.1) is 0 Å². The molecule has 15 heavy (non-hydrogen) atoms. The molecule has 2 heterocycles. The Labute approximate surface area is 110 Å². The van der Waals surface area contributed by atoms with Crippen molar-refractivity contribution in [3.8, 4) is 0 Å². The summed E-state index contributed by atoms with van der Waals surface area (Å²) in [4.78, 5) is 17.1. The number of hydrogen-bond acceptors (Lipinski definition) is 0. The summed E-state index contributed by atoms with van der Waals surface area (Å²) < 4.78 is 0. The minimum Gasteiger partial charge on any atom is -0.310 e. The summed E-state index contributed by atoms with van der Waals surface area (Å²) in [6.07, 6.45) is 3.87. The van der Waals surface area contributed by atoms with Gasteiger partial charge in [0.1, 0.15) is 0 Å². The molecule has 2 aliphatic rings. The summed E-state index contributed by atoms with van der Waals surface area (Å²) >= 11 is 7.12. The van der Waals surface area contributed by atoms with Crippen molar-refractivity contribution in [2.24, 2.45) is 0 Å². The van der Waals surface area contributed by atoms with Crippen LogP contribution in [0.4, 0.5) is 0 Å². The van der Waals surface area contributed by atoms with E-state index < -0.39 is 0 Å². The average molecular weight is 391 g/mol. The number of halogens is 2. The first-order valence-corrected chi connectivity index (χ1v) is 9.76. The molecule has 4 N–H and O–H groups in total. The van der Waals surface area contributed by atoms with Crippen LogP contribution in [-0.2, 0) is 11.1 Å². The summed E-state index contributed by atoms with van der Waals surface area (Å²) in [6, 6.07) is 0. The second kappa shape index (κ2) is 10.9. The van der Waals surface area contributed by atoms with Crippen LogP contribution < -0.4 is 10.6 Å². The van der Waals surface area contributed by atoms with E-state index in [0.717, 1.165) is 49.9 Å². The van der Waals surface area contributed by atoms with E-state index in [1.165, 1.54) is 0 Å². The normalized spacial score (nSPS) is 18.3. The van der Waals surface area contributed by atoms with E-state index in [1.807, 2.05) is 0 Å². The Hall–Kier alpha value is 0.406. The standard InChI is InChI=1S/2C4H7NO.2BrH.Co/c2*6-4-2-1-3-5-4;;;/h2*1-3H2,(H,5,6);2*1H;/q;;;;+2. The van der Waals surface area contributed by atoms with Gasteiger partial charge in [0.2, 0.25) is 0 Å². The van der Waals surface area contributed by atoms with Crippen molar-refractivity contribution in [1.82, 2.24) is 10.6 Å². The summed E-state index contributed by atoms with van der Waals surface area (Å²) in [5.74, 6) is 0.907. The third-order valence-corrected chi connectivity index (χ3v) is 1.84. The first kappa shape index (κ1) is 15.4. The Morgan fingerprint density at radius 2 is 1.27 bits per heavy atom. The second-order valence-electron chi connectivity index (χ2n) is 3.00. The predicted molar refractivity (Wildman–Crippen MR) is 66.2 cm³/mol. The summed E-state index contributed by atoms with van der Waals surface area (Å²) in [5.41, 5.74) is 0. The molecule has 0 bridgehead atoms. The van der Waals surface area contributed by atoms with E-state index in [4.69, 9.17) is 9.59 Å². The Kier molecular flexibility index (Phi) is 11.2. The maximum Gasteiger partial charge on any atom is 0.389 e. The Morgan fingerprint density at radius 1 is 0.933 bits per heavy atom. The van der Waals surface area contributed by atoms with Crippen LogP contribution in [0.5, 0.6) is 0 Å². The fourth-order valence-corrected chi connectivity index (χ4v) is 1.15. The molecule has 0 radical (unpaired) electrons. The van der Waals surface area contributed by atoms with Gasteiger partial charge < -0.3 is 10.6 Å². The van der Waals surface area contributed by atoms with Crippen LogP contribution in [0.2, 0.25) is 0 Å². The molecule has 0 aromatic carbocycles. The zero-order valence-corrected chi connectivity index (χ0v) is 12.4. The topological polar surface area (TPSA) is 66.9 Å². The van der Waals surface area contributed by atoms with Crippen molar-refractivity contribution in [3.05, 3.63) is 0 Å². The van der Waals surface area contributed by atoms with Crippen LogP contribution >= 0.6 is 28.3 Å². The van der Waals surface area contributed by atoms with Crippen molar-refractivity contribution in [3.63, 3.8) is 0 Å². The quantitative estimate of drug-likeness (QED) is 0.588. The molecule has 0 aromatic rings. The van der Waals surface area contributed by atoms with Gasteiger partial charge in [0, 0.05) is 13.1 Å². The third-order valence-electron chi connectivity index (χ3n) is 1.84. The zero-order chi connectivity index (χ0) is 11.5. The molecular weight excluding hydrogens is 375 g/mol. The maximum absolute atomic E-state index is 8.53. The van der Waals surface area contributed by atoms with Crippen LogP contribution in [0.1, 0.15) is 25.7 Å². The van der Waals surface area contributed by atoms with Crippen molar-refractivity contribution in [2.75, 3.05) is 13.1 Å². The van der Waals surface area contributed by atoms with Gasteiger partial charge in [0.05, 0.1) is 12.8 Å². The molecule has 2 amide bonds. The maximum atomic E-state index is 8.53. The van der Waals surface area contributed by atoms with Gasteiger partial charge in [-0.3, -0.25) is 9.59 Å². The molecule has 2 fully saturated rings. The molecule has 7 heteroatoms. The van der Waals surface area contributed by atoms with Gasteiger partial charge in [-0.1, -0.05) is 0 Å². The van der Waals surface area contributed by atoms with E-state index in [1.54, 1.807) is 0 Å². The monoisotopic (exact) mass is 389 g/mol. The van der Waals surface area contributed by atoms with Crippen molar-refractivity contribution in [1.29, 1.82) is 0 Å². The zero-order valence-electron chi connectivity index (χ0n) is 8.23. The van der Waals surface area contributed by atoms with Crippen LogP contribution in [0.3, 0.4) is 0 Å². The van der Waals surface area contributed by atoms with E-state index in [9.17, 15) is 0 Å². The van der Waals surface area contributed by atoms with Gasteiger partial charge in [-0.2, -0.15) is 0 Å². The van der Waals surface area contributed by atoms with Crippen molar-refractivity contribution in [2.45, 2.75) is 25.7 Å². The van der Waals surface area contributed by atoms with Gasteiger partial charge in [0.15, 0.2) is 0 Å². The molecule has 2 saturated heterocycles. The summed E-state index contributed by atoms with van der Waals surface area (Å²) in [6.45, 7) is 1.90. The fourth-order valence-electron chi connectivity index (χ4n) is 1.15. The Morgan fingerprint density at radius 3 is 1.33 bits per heavy atom. The molecule has 0 saturated carbocycles. The van der Waals surface area contributed by atoms with E-state index in [0.29, 0.717) is 11.8 Å². The summed E-state index contributed by atoms with van der Waals surface area (Å²) in [5, 5.41) is 5.58. The minimum absolute atomic E-state index is 0.454. The number of carbonyl (C=O) groups excluding carboxylic acids is 2. The Balaban J connectivity index is 0.000000210. The number of nitrogens with one attached hydrogen (secondary N) is 2. The molecule has 4 nitrogen and oxygen atoms in total. The molecule has 0 unspecified atom stereocenters. The Bertz CT molecular complexity index is 169. The summed E-state index contributed by atoms with van der Waals surface area (Å²) in [7, 11) is 0. The molecule has 91 valence electrons. The molecule has 0 atom stereocenters. The van der Waals surface area contributed by atoms with E-state index in [2.05, 4.69) is 39.0 Å². The van der Waals surface area contributed by atoms with Gasteiger partial charge in [0.25, 0.3) is 0 Å². The fraction of sp³-hybridized carbons (Fsp3) is 0.750. The van der Waals surface area contributed by atoms with Gasteiger partial charge in [-0.25, -0.2) is 0 Å². The molecular formula is C8H16Br2CoN2O2+2. The van der Waals surface area contributed by atoms with Crippen LogP contribution in [0.15, 0.2) is 0 Å². The molecule has 0 spiro atoms. The van der Waals surface area contributed by atoms with E-state index in [-0.39, 0.29) is 0 Å². The first-order chi connectivity index (χ1) is 7.20. The van der Waals surface area contributed by atoms with Gasteiger partial charge in [-0.05, 0) is 12.8 Å². The first-order valence-electron chi connectivity index (χ1n) is 4.61. The molecule has 2 aliphatic heterocycles. The SMILES string of the molecule is [Br][Co][Br].[OH+]=C1CCCN1.[OH+]=C1CCCN1. The smallest absolute Gasteiger partial charge is 0.310 e. The van der Waals surface area contributed by atoms with Gasteiger partial charge >= 0.3 is 51.3 Å². The number of rotatable bonds is 0. The second-order valence-corrected chi connectivity index (χ2v) is 8.26. The van der Waals surface area contributed by atoms with Crippen LogP contribution in [0.25, 0.3) is 0 Å². The van der Waals surface area contributed by atoms with Crippen LogP contribution in [0, 0.1) is 0 Å². The largest absolute Gasteiger partial charge is 0.389 e. The third kappa shape index (κ3) is 10.7. The van der Waals surface area contributed by atoms with Crippen molar-refractivity contribution < 1.29 is 20.7 Å². The van der Waals surface area contributed by atoms with Crippen LogP contribution in [-0.4, -0.2) is 34.5 Å². The van der Waals surface area contributed by atoms with Crippen molar-refractivity contribution >= 4 is 40.2 Å². The number of amides is 2. The molecule has 0 aromatic heterocycles. The average Bonchev–Trinajstić information content (AvgIpc) is 2.81. The van der Waals surface area contributed by atoms with E-state index >= 15 is 0 Å². The minimum atomic E-state index is 0.454.